The Morgan fingerprint density at radius 2 is 2.07 bits per heavy atom. The van der Waals surface area contributed by atoms with E-state index in [0.29, 0.717) is 32.2 Å². The standard InChI is InChI=1S/C22H27N3O3/c1-15-9-10-16-5-4-8-19(21(16)24-15)28-12-11-23-22(27)17-13-20(26)25(14-17)18-6-2-3-7-18/h4-5,8-10,17-18H,2-3,6-7,11-14H2,1H3,(H,23,27)/t17-/m1/s1. The van der Waals surface area contributed by atoms with Crippen molar-refractivity contribution in [2.45, 2.75) is 45.1 Å². The summed E-state index contributed by atoms with van der Waals surface area (Å²) in [7, 11) is 0. The minimum Gasteiger partial charge on any atom is -0.489 e. The van der Waals surface area contributed by atoms with E-state index in [9.17, 15) is 9.59 Å². The summed E-state index contributed by atoms with van der Waals surface area (Å²) >= 11 is 0. The predicted octanol–water partition coefficient (Wildman–Crippen LogP) is 2.83. The number of amides is 2. The van der Waals surface area contributed by atoms with Gasteiger partial charge in [-0.2, -0.15) is 0 Å². The van der Waals surface area contributed by atoms with Crippen LogP contribution in [0.1, 0.15) is 37.8 Å². The van der Waals surface area contributed by atoms with E-state index in [1.807, 2.05) is 42.2 Å². The van der Waals surface area contributed by atoms with E-state index >= 15 is 0 Å². The van der Waals surface area contributed by atoms with Gasteiger partial charge in [-0.1, -0.05) is 31.0 Å². The summed E-state index contributed by atoms with van der Waals surface area (Å²) < 4.78 is 5.86. The Bertz CT molecular complexity index is 876. The fourth-order valence-electron chi connectivity index (χ4n) is 4.29. The zero-order valence-corrected chi connectivity index (χ0v) is 16.3. The Morgan fingerprint density at radius 3 is 2.89 bits per heavy atom. The molecule has 2 aromatic rings. The summed E-state index contributed by atoms with van der Waals surface area (Å²) in [6.45, 7) is 3.29. The van der Waals surface area contributed by atoms with Gasteiger partial charge in [0.05, 0.1) is 12.5 Å². The molecule has 1 atom stereocenters. The van der Waals surface area contributed by atoms with E-state index in [0.717, 1.165) is 35.2 Å². The van der Waals surface area contributed by atoms with E-state index in [4.69, 9.17) is 4.74 Å². The van der Waals surface area contributed by atoms with Crippen molar-refractivity contribution >= 4 is 22.7 Å². The van der Waals surface area contributed by atoms with Gasteiger partial charge in [0.15, 0.2) is 0 Å². The number of hydrogen-bond donors (Lipinski definition) is 1. The number of hydrogen-bond acceptors (Lipinski definition) is 4. The smallest absolute Gasteiger partial charge is 0.225 e. The van der Waals surface area contributed by atoms with Crippen molar-refractivity contribution in [3.63, 3.8) is 0 Å². The van der Waals surface area contributed by atoms with Gasteiger partial charge in [-0.25, -0.2) is 4.98 Å². The first-order valence-electron chi connectivity index (χ1n) is 10.2. The van der Waals surface area contributed by atoms with Crippen molar-refractivity contribution < 1.29 is 14.3 Å². The lowest BCUT2D eigenvalue weighted by molar-refractivity contribution is -0.130. The van der Waals surface area contributed by atoms with Gasteiger partial charge in [0.1, 0.15) is 17.9 Å². The Hall–Kier alpha value is -2.63. The normalized spacial score (nSPS) is 20.1. The van der Waals surface area contributed by atoms with Crippen LogP contribution < -0.4 is 10.1 Å². The van der Waals surface area contributed by atoms with E-state index < -0.39 is 0 Å². The molecule has 1 N–H and O–H groups in total. The molecule has 2 heterocycles. The number of pyridine rings is 1. The van der Waals surface area contributed by atoms with Gasteiger partial charge < -0.3 is 15.0 Å². The second-order valence-electron chi connectivity index (χ2n) is 7.81. The molecule has 1 aromatic carbocycles. The van der Waals surface area contributed by atoms with Crippen molar-refractivity contribution in [3.8, 4) is 5.75 Å². The molecule has 28 heavy (non-hydrogen) atoms. The highest BCUT2D eigenvalue weighted by atomic mass is 16.5. The molecule has 4 rings (SSSR count). The van der Waals surface area contributed by atoms with Crippen molar-refractivity contribution in [3.05, 3.63) is 36.0 Å². The molecule has 148 valence electrons. The number of nitrogens with zero attached hydrogens (tertiary/aromatic N) is 2. The van der Waals surface area contributed by atoms with E-state index in [2.05, 4.69) is 10.3 Å². The van der Waals surface area contributed by atoms with Gasteiger partial charge in [0, 0.05) is 30.1 Å². The maximum absolute atomic E-state index is 12.5. The fourth-order valence-corrected chi connectivity index (χ4v) is 4.29. The molecule has 0 bridgehead atoms. The Labute approximate surface area is 165 Å². The lowest BCUT2D eigenvalue weighted by Crippen LogP contribution is -2.37. The molecule has 1 aliphatic heterocycles. The predicted molar refractivity (Wildman–Crippen MR) is 107 cm³/mol. The molecule has 6 nitrogen and oxygen atoms in total. The zero-order valence-electron chi connectivity index (χ0n) is 16.3. The quantitative estimate of drug-likeness (QED) is 0.781. The largest absolute Gasteiger partial charge is 0.489 e. The number of aryl methyl sites for hydroxylation is 1. The first-order chi connectivity index (χ1) is 13.6. The number of carbonyl (C=O) groups is 2. The first-order valence-corrected chi connectivity index (χ1v) is 10.2. The first kappa shape index (κ1) is 18.7. The highest BCUT2D eigenvalue weighted by Gasteiger charge is 2.38. The molecule has 2 amide bonds. The minimum atomic E-state index is -0.241. The molecule has 0 unspecified atom stereocenters. The monoisotopic (exact) mass is 381 g/mol. The van der Waals surface area contributed by atoms with Gasteiger partial charge in [0.25, 0.3) is 0 Å². The van der Waals surface area contributed by atoms with Gasteiger partial charge in [-0.15, -0.1) is 0 Å². The number of fused-ring (bicyclic) bond motifs is 1. The highest BCUT2D eigenvalue weighted by Crippen LogP contribution is 2.29. The topological polar surface area (TPSA) is 71.5 Å². The molecule has 1 aliphatic carbocycles. The van der Waals surface area contributed by atoms with Crippen molar-refractivity contribution in [2.75, 3.05) is 19.7 Å². The third-order valence-electron chi connectivity index (χ3n) is 5.78. The summed E-state index contributed by atoms with van der Waals surface area (Å²) in [4.78, 5) is 31.2. The fraction of sp³-hybridized carbons (Fsp3) is 0.500. The van der Waals surface area contributed by atoms with E-state index in [1.165, 1.54) is 12.8 Å². The molecule has 2 fully saturated rings. The Kier molecular flexibility index (Phi) is 5.46. The SMILES string of the molecule is Cc1ccc2cccc(OCCNC(=O)[C@@H]3CC(=O)N(C4CCCC4)C3)c2n1. The number of benzene rings is 1. The molecule has 2 aliphatic rings. The molecule has 1 saturated carbocycles. The van der Waals surface area contributed by atoms with E-state index in [1.54, 1.807) is 0 Å². The number of para-hydroxylation sites is 1. The van der Waals surface area contributed by atoms with Gasteiger partial charge in [-0.05, 0) is 31.9 Å². The summed E-state index contributed by atoms with van der Waals surface area (Å²) in [6, 6.07) is 10.2. The van der Waals surface area contributed by atoms with Crippen LogP contribution in [0.15, 0.2) is 30.3 Å². The zero-order chi connectivity index (χ0) is 19.5. The highest BCUT2D eigenvalue weighted by molar-refractivity contribution is 5.89. The van der Waals surface area contributed by atoms with Crippen LogP contribution >= 0.6 is 0 Å². The molecule has 0 spiro atoms. The summed E-state index contributed by atoms with van der Waals surface area (Å²) in [6.07, 6.45) is 4.85. The second-order valence-corrected chi connectivity index (χ2v) is 7.81. The maximum atomic E-state index is 12.5. The maximum Gasteiger partial charge on any atom is 0.225 e. The van der Waals surface area contributed by atoms with Crippen molar-refractivity contribution in [2.24, 2.45) is 5.92 Å². The number of carbonyl (C=O) groups excluding carboxylic acids is 2. The molecular formula is C22H27N3O3. The molecule has 6 heteroatoms. The number of ether oxygens (including phenoxy) is 1. The van der Waals surface area contributed by atoms with E-state index in [-0.39, 0.29) is 17.7 Å². The van der Waals surface area contributed by atoms with Gasteiger partial charge in [-0.3, -0.25) is 9.59 Å². The number of likely N-dealkylation sites (tertiary alicyclic amines) is 1. The van der Waals surface area contributed by atoms with Gasteiger partial charge >= 0.3 is 0 Å². The summed E-state index contributed by atoms with van der Waals surface area (Å²) in [5.74, 6) is 0.554. The number of aromatic nitrogens is 1. The van der Waals surface area contributed by atoms with Crippen LogP contribution in [0.2, 0.25) is 0 Å². The van der Waals surface area contributed by atoms with Crippen molar-refractivity contribution in [1.82, 2.24) is 15.2 Å². The number of rotatable bonds is 6. The Balaban J connectivity index is 1.27. The second kappa shape index (κ2) is 8.17. The minimum absolute atomic E-state index is 0.0515. The van der Waals surface area contributed by atoms with Crippen LogP contribution in [0.3, 0.4) is 0 Å². The summed E-state index contributed by atoms with van der Waals surface area (Å²) in [5.41, 5.74) is 1.77. The van der Waals surface area contributed by atoms with Crippen LogP contribution in [0, 0.1) is 12.8 Å². The third-order valence-corrected chi connectivity index (χ3v) is 5.78. The van der Waals surface area contributed by atoms with Crippen LogP contribution in [0.5, 0.6) is 5.75 Å². The van der Waals surface area contributed by atoms with Crippen LogP contribution in [-0.4, -0.2) is 47.4 Å². The average Bonchev–Trinajstić information content (AvgIpc) is 3.34. The molecule has 1 aromatic heterocycles. The number of nitrogens with one attached hydrogen (secondary N) is 1. The van der Waals surface area contributed by atoms with Gasteiger partial charge in [0.2, 0.25) is 11.8 Å². The Morgan fingerprint density at radius 1 is 1.25 bits per heavy atom. The molecule has 0 radical (unpaired) electrons. The average molecular weight is 381 g/mol. The third kappa shape index (κ3) is 3.96. The summed E-state index contributed by atoms with van der Waals surface area (Å²) in [5, 5.41) is 3.95. The lowest BCUT2D eigenvalue weighted by Gasteiger charge is -2.23. The van der Waals surface area contributed by atoms with Crippen LogP contribution in [0.4, 0.5) is 0 Å². The van der Waals surface area contributed by atoms with Crippen LogP contribution in [-0.2, 0) is 9.59 Å². The van der Waals surface area contributed by atoms with Crippen molar-refractivity contribution in [1.29, 1.82) is 0 Å². The lowest BCUT2D eigenvalue weighted by atomic mass is 10.1. The molecular weight excluding hydrogens is 354 g/mol. The van der Waals surface area contributed by atoms with Crippen LogP contribution in [0.25, 0.3) is 10.9 Å². The molecule has 1 saturated heterocycles.